The molecular formula is C14H19N5O2. The largest absolute Gasteiger partial charge is 0.444 e. The molecule has 0 N–H and O–H groups in total. The lowest BCUT2D eigenvalue weighted by Crippen LogP contribution is -2.50. The summed E-state index contributed by atoms with van der Waals surface area (Å²) >= 11 is 0. The highest BCUT2D eigenvalue weighted by Gasteiger charge is 2.26. The molecule has 0 saturated carbocycles. The Hall–Kier alpha value is -2.36. The maximum atomic E-state index is 12.0. The van der Waals surface area contributed by atoms with Gasteiger partial charge in [0.15, 0.2) is 5.69 Å². The highest BCUT2D eigenvalue weighted by molar-refractivity contribution is 5.68. The molecule has 1 fully saturated rings. The number of aromatic nitrogens is 2. The van der Waals surface area contributed by atoms with Crippen molar-refractivity contribution in [1.82, 2.24) is 14.9 Å². The highest BCUT2D eigenvalue weighted by Crippen LogP contribution is 2.15. The quantitative estimate of drug-likeness (QED) is 0.777. The third kappa shape index (κ3) is 4.05. The summed E-state index contributed by atoms with van der Waals surface area (Å²) in [5.41, 5.74) is -0.192. The van der Waals surface area contributed by atoms with Gasteiger partial charge >= 0.3 is 6.09 Å². The van der Waals surface area contributed by atoms with E-state index in [1.54, 1.807) is 11.1 Å². The molecule has 0 atom stereocenters. The molecule has 1 amide bonds. The number of carbonyl (C=O) groups is 1. The number of ether oxygens (including phenoxy) is 1. The predicted octanol–water partition coefficient (Wildman–Crippen LogP) is 1.41. The van der Waals surface area contributed by atoms with E-state index in [1.165, 1.54) is 6.20 Å². The molecule has 1 saturated heterocycles. The van der Waals surface area contributed by atoms with Gasteiger partial charge in [0.2, 0.25) is 0 Å². The number of nitriles is 1. The summed E-state index contributed by atoms with van der Waals surface area (Å²) < 4.78 is 5.35. The van der Waals surface area contributed by atoms with Gasteiger partial charge in [-0.3, -0.25) is 4.98 Å². The first-order chi connectivity index (χ1) is 9.89. The van der Waals surface area contributed by atoms with Gasteiger partial charge in [0.05, 0.1) is 12.4 Å². The van der Waals surface area contributed by atoms with Gasteiger partial charge in [-0.05, 0) is 20.8 Å². The zero-order valence-electron chi connectivity index (χ0n) is 12.5. The summed E-state index contributed by atoms with van der Waals surface area (Å²) in [6.45, 7) is 7.96. The average molecular weight is 289 g/mol. The van der Waals surface area contributed by atoms with Crippen LogP contribution in [0.2, 0.25) is 0 Å². The monoisotopic (exact) mass is 289 g/mol. The van der Waals surface area contributed by atoms with Crippen molar-refractivity contribution in [2.45, 2.75) is 26.4 Å². The number of hydrogen-bond donors (Lipinski definition) is 0. The normalized spacial score (nSPS) is 15.5. The van der Waals surface area contributed by atoms with E-state index >= 15 is 0 Å². The van der Waals surface area contributed by atoms with E-state index in [1.807, 2.05) is 31.7 Å². The molecule has 7 nitrogen and oxygen atoms in total. The SMILES string of the molecule is CC(C)(C)OC(=O)N1CCN(c2cncc(C#N)n2)CC1. The van der Waals surface area contributed by atoms with Crippen molar-refractivity contribution < 1.29 is 9.53 Å². The molecule has 7 heteroatoms. The van der Waals surface area contributed by atoms with Gasteiger partial charge in [0.25, 0.3) is 0 Å². The Morgan fingerprint density at radius 2 is 1.95 bits per heavy atom. The van der Waals surface area contributed by atoms with Gasteiger partial charge in [-0.1, -0.05) is 0 Å². The summed E-state index contributed by atoms with van der Waals surface area (Å²) in [6, 6.07) is 1.97. The molecular weight excluding hydrogens is 270 g/mol. The van der Waals surface area contributed by atoms with E-state index in [-0.39, 0.29) is 6.09 Å². The van der Waals surface area contributed by atoms with Gasteiger partial charge in [0.1, 0.15) is 17.5 Å². The second-order valence-corrected chi connectivity index (χ2v) is 5.83. The number of rotatable bonds is 1. The average Bonchev–Trinajstić information content (AvgIpc) is 2.46. The number of anilines is 1. The van der Waals surface area contributed by atoms with E-state index in [0.717, 1.165) is 0 Å². The Labute approximate surface area is 124 Å². The molecule has 0 radical (unpaired) electrons. The van der Waals surface area contributed by atoms with E-state index in [2.05, 4.69) is 9.97 Å². The number of hydrogen-bond acceptors (Lipinski definition) is 6. The van der Waals surface area contributed by atoms with E-state index < -0.39 is 5.60 Å². The van der Waals surface area contributed by atoms with Crippen LogP contribution in [0.1, 0.15) is 26.5 Å². The van der Waals surface area contributed by atoms with Crippen LogP contribution >= 0.6 is 0 Å². The number of carbonyl (C=O) groups excluding carboxylic acids is 1. The molecule has 1 aromatic heterocycles. The number of nitrogens with zero attached hydrogens (tertiary/aromatic N) is 5. The van der Waals surface area contributed by atoms with Crippen LogP contribution in [0, 0.1) is 11.3 Å². The summed E-state index contributed by atoms with van der Waals surface area (Å²) in [6.07, 6.45) is 2.77. The third-order valence-corrected chi connectivity index (χ3v) is 2.99. The maximum absolute atomic E-state index is 12.0. The van der Waals surface area contributed by atoms with Crippen LogP contribution in [-0.4, -0.2) is 52.7 Å². The minimum atomic E-state index is -0.485. The summed E-state index contributed by atoms with van der Waals surface area (Å²) in [7, 11) is 0. The van der Waals surface area contributed by atoms with Crippen LogP contribution in [0.3, 0.4) is 0 Å². The second-order valence-electron chi connectivity index (χ2n) is 5.83. The first kappa shape index (κ1) is 15.0. The summed E-state index contributed by atoms with van der Waals surface area (Å²) in [5.74, 6) is 0.665. The maximum Gasteiger partial charge on any atom is 0.410 e. The van der Waals surface area contributed by atoms with E-state index in [4.69, 9.17) is 10.00 Å². The molecule has 112 valence electrons. The van der Waals surface area contributed by atoms with Crippen LogP contribution in [0.25, 0.3) is 0 Å². The van der Waals surface area contributed by atoms with Crippen molar-refractivity contribution in [2.75, 3.05) is 31.1 Å². The molecule has 21 heavy (non-hydrogen) atoms. The molecule has 1 aromatic rings. The van der Waals surface area contributed by atoms with Crippen molar-refractivity contribution in [3.8, 4) is 6.07 Å². The first-order valence-electron chi connectivity index (χ1n) is 6.84. The van der Waals surface area contributed by atoms with Crippen LogP contribution in [0.4, 0.5) is 10.6 Å². The van der Waals surface area contributed by atoms with Crippen LogP contribution in [0.15, 0.2) is 12.4 Å². The van der Waals surface area contributed by atoms with Crippen molar-refractivity contribution >= 4 is 11.9 Å². The van der Waals surface area contributed by atoms with Crippen molar-refractivity contribution in [2.24, 2.45) is 0 Å². The molecule has 1 aliphatic heterocycles. The Balaban J connectivity index is 1.94. The van der Waals surface area contributed by atoms with Gasteiger partial charge < -0.3 is 14.5 Å². The number of piperazine rings is 1. The fourth-order valence-corrected chi connectivity index (χ4v) is 2.01. The zero-order valence-corrected chi connectivity index (χ0v) is 12.5. The first-order valence-corrected chi connectivity index (χ1v) is 6.84. The molecule has 0 spiro atoms. The van der Waals surface area contributed by atoms with Crippen molar-refractivity contribution in [3.05, 3.63) is 18.1 Å². The Morgan fingerprint density at radius 3 is 2.52 bits per heavy atom. The lowest BCUT2D eigenvalue weighted by atomic mass is 10.2. The predicted molar refractivity (Wildman–Crippen MR) is 76.8 cm³/mol. The molecule has 2 rings (SSSR count). The zero-order chi connectivity index (χ0) is 15.5. The van der Waals surface area contributed by atoms with Gasteiger partial charge in [-0.2, -0.15) is 5.26 Å². The van der Waals surface area contributed by atoms with Crippen molar-refractivity contribution in [1.29, 1.82) is 5.26 Å². The topological polar surface area (TPSA) is 82.4 Å². The Bertz CT molecular complexity index is 553. The second kappa shape index (κ2) is 5.95. The van der Waals surface area contributed by atoms with E-state index in [0.29, 0.717) is 37.7 Å². The highest BCUT2D eigenvalue weighted by atomic mass is 16.6. The minimum Gasteiger partial charge on any atom is -0.444 e. The molecule has 2 heterocycles. The third-order valence-electron chi connectivity index (χ3n) is 2.99. The van der Waals surface area contributed by atoms with Gasteiger partial charge in [-0.15, -0.1) is 0 Å². The Morgan fingerprint density at radius 1 is 1.29 bits per heavy atom. The molecule has 0 aromatic carbocycles. The Kier molecular flexibility index (Phi) is 4.26. The molecule has 0 aliphatic carbocycles. The lowest BCUT2D eigenvalue weighted by Gasteiger charge is -2.36. The summed E-state index contributed by atoms with van der Waals surface area (Å²) in [4.78, 5) is 23.9. The fraction of sp³-hybridized carbons (Fsp3) is 0.571. The van der Waals surface area contributed by atoms with Gasteiger partial charge in [-0.25, -0.2) is 9.78 Å². The van der Waals surface area contributed by atoms with Crippen LogP contribution < -0.4 is 4.90 Å². The summed E-state index contributed by atoms with van der Waals surface area (Å²) in [5, 5.41) is 8.84. The fourth-order valence-electron chi connectivity index (χ4n) is 2.01. The smallest absolute Gasteiger partial charge is 0.410 e. The van der Waals surface area contributed by atoms with Crippen LogP contribution in [-0.2, 0) is 4.74 Å². The van der Waals surface area contributed by atoms with Crippen molar-refractivity contribution in [3.63, 3.8) is 0 Å². The minimum absolute atomic E-state index is 0.293. The molecule has 1 aliphatic rings. The van der Waals surface area contributed by atoms with Gasteiger partial charge in [0, 0.05) is 26.2 Å². The lowest BCUT2D eigenvalue weighted by molar-refractivity contribution is 0.0240. The molecule has 0 bridgehead atoms. The van der Waals surface area contributed by atoms with Crippen LogP contribution in [0.5, 0.6) is 0 Å². The number of amides is 1. The standard InChI is InChI=1S/C14H19N5O2/c1-14(2,3)21-13(20)19-6-4-18(5-7-19)12-10-16-9-11(8-15)17-12/h9-10H,4-7H2,1-3H3. The van der Waals surface area contributed by atoms with E-state index in [9.17, 15) is 4.79 Å². The molecule has 0 unspecified atom stereocenters.